The summed E-state index contributed by atoms with van der Waals surface area (Å²) in [4.78, 5) is 11.2. The first kappa shape index (κ1) is 15.3. The molecule has 1 atom stereocenters. The van der Waals surface area contributed by atoms with Crippen LogP contribution < -0.4 is 5.73 Å². The van der Waals surface area contributed by atoms with Crippen molar-refractivity contribution in [3.05, 3.63) is 0 Å². The second-order valence-corrected chi connectivity index (χ2v) is 3.70. The lowest BCUT2D eigenvalue weighted by atomic mass is 10.1. The van der Waals surface area contributed by atoms with Crippen LogP contribution in [0.2, 0.25) is 0 Å². The van der Waals surface area contributed by atoms with Crippen LogP contribution in [-0.4, -0.2) is 45.5 Å². The maximum atomic E-state index is 11.2. The summed E-state index contributed by atoms with van der Waals surface area (Å²) in [6, 6.07) is 0.144. The van der Waals surface area contributed by atoms with E-state index in [2.05, 4.69) is 0 Å². The number of hydrogen-bond acceptors (Lipinski definition) is 5. The molecule has 0 aliphatic carbocycles. The maximum Gasteiger partial charge on any atom is 0.305 e. The van der Waals surface area contributed by atoms with E-state index in [4.69, 9.17) is 19.9 Å². The van der Waals surface area contributed by atoms with Crippen molar-refractivity contribution in [3.63, 3.8) is 0 Å². The Bertz CT molecular complexity index is 173. The van der Waals surface area contributed by atoms with E-state index in [1.165, 1.54) is 0 Å². The van der Waals surface area contributed by atoms with Gasteiger partial charge in [-0.2, -0.15) is 0 Å². The van der Waals surface area contributed by atoms with Crippen molar-refractivity contribution in [2.75, 3.05) is 33.5 Å². The average Bonchev–Trinajstić information content (AvgIpc) is 2.22. The molecular formula is C11H23NO4. The summed E-state index contributed by atoms with van der Waals surface area (Å²) < 4.78 is 14.9. The van der Waals surface area contributed by atoms with Crippen LogP contribution in [0.5, 0.6) is 0 Å². The monoisotopic (exact) mass is 233 g/mol. The van der Waals surface area contributed by atoms with Gasteiger partial charge >= 0.3 is 5.97 Å². The SMILES string of the molecule is COCCOCCOC(=O)CCCC(C)N. The standard InChI is InChI=1S/C11H23NO4/c1-10(12)4-3-5-11(13)16-9-8-15-7-6-14-2/h10H,3-9,12H2,1-2H3. The van der Waals surface area contributed by atoms with Gasteiger partial charge in [0.15, 0.2) is 0 Å². The molecule has 2 N–H and O–H groups in total. The van der Waals surface area contributed by atoms with E-state index >= 15 is 0 Å². The molecule has 0 saturated carbocycles. The fourth-order valence-electron chi connectivity index (χ4n) is 1.10. The third-order valence-electron chi connectivity index (χ3n) is 1.96. The Morgan fingerprint density at radius 2 is 1.94 bits per heavy atom. The van der Waals surface area contributed by atoms with Crippen molar-refractivity contribution in [1.82, 2.24) is 0 Å². The number of methoxy groups -OCH3 is 1. The summed E-state index contributed by atoms with van der Waals surface area (Å²) in [5.41, 5.74) is 5.56. The molecule has 5 nitrogen and oxygen atoms in total. The zero-order chi connectivity index (χ0) is 12.2. The molecule has 96 valence electrons. The minimum atomic E-state index is -0.184. The van der Waals surface area contributed by atoms with E-state index in [1.54, 1.807) is 7.11 Å². The van der Waals surface area contributed by atoms with Gasteiger partial charge in [0.2, 0.25) is 0 Å². The van der Waals surface area contributed by atoms with Crippen LogP contribution in [0.1, 0.15) is 26.2 Å². The molecule has 0 fully saturated rings. The van der Waals surface area contributed by atoms with Crippen molar-refractivity contribution in [2.45, 2.75) is 32.2 Å². The molecule has 0 aromatic heterocycles. The van der Waals surface area contributed by atoms with Crippen LogP contribution in [0.4, 0.5) is 0 Å². The van der Waals surface area contributed by atoms with Gasteiger partial charge in [-0.25, -0.2) is 0 Å². The van der Waals surface area contributed by atoms with Crippen molar-refractivity contribution >= 4 is 5.97 Å². The zero-order valence-electron chi connectivity index (χ0n) is 10.2. The van der Waals surface area contributed by atoms with Gasteiger partial charge in [0.05, 0.1) is 19.8 Å². The van der Waals surface area contributed by atoms with E-state index < -0.39 is 0 Å². The smallest absolute Gasteiger partial charge is 0.305 e. The lowest BCUT2D eigenvalue weighted by molar-refractivity contribution is -0.145. The Morgan fingerprint density at radius 3 is 2.56 bits per heavy atom. The fraction of sp³-hybridized carbons (Fsp3) is 0.909. The van der Waals surface area contributed by atoms with Crippen LogP contribution in [-0.2, 0) is 19.0 Å². The van der Waals surface area contributed by atoms with Crippen molar-refractivity contribution in [2.24, 2.45) is 5.73 Å². The molecule has 0 aromatic rings. The molecule has 16 heavy (non-hydrogen) atoms. The molecule has 0 aromatic carbocycles. The van der Waals surface area contributed by atoms with Gasteiger partial charge in [-0.05, 0) is 19.8 Å². The summed E-state index contributed by atoms with van der Waals surface area (Å²) in [6.45, 7) is 3.74. The van der Waals surface area contributed by atoms with E-state index in [0.29, 0.717) is 32.8 Å². The molecule has 0 aliphatic heterocycles. The third-order valence-corrected chi connectivity index (χ3v) is 1.96. The van der Waals surface area contributed by atoms with Gasteiger partial charge in [0.25, 0.3) is 0 Å². The highest BCUT2D eigenvalue weighted by Crippen LogP contribution is 1.99. The van der Waals surface area contributed by atoms with Crippen molar-refractivity contribution in [3.8, 4) is 0 Å². The summed E-state index contributed by atoms with van der Waals surface area (Å²) in [5.74, 6) is -0.184. The molecule has 0 saturated heterocycles. The summed E-state index contributed by atoms with van der Waals surface area (Å²) in [7, 11) is 1.61. The Labute approximate surface area is 97.2 Å². The van der Waals surface area contributed by atoms with Crippen molar-refractivity contribution < 1.29 is 19.0 Å². The largest absolute Gasteiger partial charge is 0.463 e. The lowest BCUT2D eigenvalue weighted by Crippen LogP contribution is -2.16. The second kappa shape index (κ2) is 10.9. The molecule has 0 aliphatic rings. The average molecular weight is 233 g/mol. The molecule has 0 rings (SSSR count). The number of carbonyl (C=O) groups is 1. The van der Waals surface area contributed by atoms with Crippen LogP contribution in [0, 0.1) is 0 Å². The Hall–Kier alpha value is -0.650. The lowest BCUT2D eigenvalue weighted by Gasteiger charge is -2.06. The minimum absolute atomic E-state index is 0.144. The molecule has 0 amide bonds. The van der Waals surface area contributed by atoms with Gasteiger partial charge in [-0.3, -0.25) is 4.79 Å². The van der Waals surface area contributed by atoms with Crippen LogP contribution >= 0.6 is 0 Å². The normalized spacial score (nSPS) is 12.4. The first-order valence-electron chi connectivity index (χ1n) is 5.64. The third kappa shape index (κ3) is 11.4. The van der Waals surface area contributed by atoms with Gasteiger partial charge in [0, 0.05) is 19.6 Å². The van der Waals surface area contributed by atoms with Crippen LogP contribution in [0.15, 0.2) is 0 Å². The maximum absolute atomic E-state index is 11.2. The highest BCUT2D eigenvalue weighted by Gasteiger charge is 2.03. The van der Waals surface area contributed by atoms with E-state index in [-0.39, 0.29) is 12.0 Å². The first-order valence-corrected chi connectivity index (χ1v) is 5.64. The minimum Gasteiger partial charge on any atom is -0.463 e. The fourth-order valence-corrected chi connectivity index (χ4v) is 1.10. The Kier molecular flexibility index (Phi) is 10.4. The highest BCUT2D eigenvalue weighted by molar-refractivity contribution is 5.69. The summed E-state index contributed by atoms with van der Waals surface area (Å²) in [5, 5.41) is 0. The molecule has 1 unspecified atom stereocenters. The number of rotatable bonds is 10. The van der Waals surface area contributed by atoms with E-state index in [0.717, 1.165) is 12.8 Å². The van der Waals surface area contributed by atoms with Gasteiger partial charge in [-0.1, -0.05) is 0 Å². The number of carbonyl (C=O) groups excluding carboxylic acids is 1. The molecule has 0 bridgehead atoms. The Morgan fingerprint density at radius 1 is 1.25 bits per heavy atom. The van der Waals surface area contributed by atoms with Crippen LogP contribution in [0.3, 0.4) is 0 Å². The summed E-state index contributed by atoms with van der Waals surface area (Å²) >= 11 is 0. The summed E-state index contributed by atoms with van der Waals surface area (Å²) in [6.07, 6.45) is 2.06. The predicted octanol–water partition coefficient (Wildman–Crippen LogP) is 0.710. The molecule has 0 spiro atoms. The number of ether oxygens (including phenoxy) is 3. The van der Waals surface area contributed by atoms with E-state index in [1.807, 2.05) is 6.92 Å². The molecule has 0 heterocycles. The van der Waals surface area contributed by atoms with Gasteiger partial charge in [-0.15, -0.1) is 0 Å². The number of esters is 1. The molecule has 5 heteroatoms. The van der Waals surface area contributed by atoms with E-state index in [9.17, 15) is 4.79 Å². The molecule has 0 radical (unpaired) electrons. The van der Waals surface area contributed by atoms with Gasteiger partial charge in [0.1, 0.15) is 6.61 Å². The predicted molar refractivity (Wildman–Crippen MR) is 61.2 cm³/mol. The highest BCUT2D eigenvalue weighted by atomic mass is 16.6. The quantitative estimate of drug-likeness (QED) is 0.444. The molecular weight excluding hydrogens is 210 g/mol. The number of hydrogen-bond donors (Lipinski definition) is 1. The van der Waals surface area contributed by atoms with Crippen molar-refractivity contribution in [1.29, 1.82) is 0 Å². The second-order valence-electron chi connectivity index (χ2n) is 3.70. The topological polar surface area (TPSA) is 70.8 Å². The number of nitrogens with two attached hydrogens (primary N) is 1. The van der Waals surface area contributed by atoms with Gasteiger partial charge < -0.3 is 19.9 Å². The Balaban J connectivity index is 3.17. The zero-order valence-corrected chi connectivity index (χ0v) is 10.2. The van der Waals surface area contributed by atoms with Crippen LogP contribution in [0.25, 0.3) is 0 Å². The first-order chi connectivity index (χ1) is 7.66.